The highest BCUT2D eigenvalue weighted by Crippen LogP contribution is 2.68. The van der Waals surface area contributed by atoms with Gasteiger partial charge in [0.15, 0.2) is 0 Å². The van der Waals surface area contributed by atoms with E-state index >= 15 is 0 Å². The van der Waals surface area contributed by atoms with E-state index in [1.165, 1.54) is 0 Å². The molecule has 0 saturated heterocycles. The Morgan fingerprint density at radius 3 is 2.03 bits per heavy atom. The molecule has 32 heavy (non-hydrogen) atoms. The predicted molar refractivity (Wildman–Crippen MR) is 114 cm³/mol. The van der Waals surface area contributed by atoms with E-state index in [1.807, 2.05) is 6.92 Å². The Labute approximate surface area is 189 Å². The van der Waals surface area contributed by atoms with Crippen LogP contribution in [0.15, 0.2) is 0 Å². The van der Waals surface area contributed by atoms with Gasteiger partial charge < -0.3 is 19.0 Å². The molecule has 4 rings (SSSR count). The molecule has 0 unspecified atom stereocenters. The summed E-state index contributed by atoms with van der Waals surface area (Å²) >= 11 is 0. The van der Waals surface area contributed by atoms with Gasteiger partial charge in [-0.25, -0.2) is 0 Å². The van der Waals surface area contributed by atoms with E-state index in [1.54, 1.807) is 0 Å². The molecule has 0 amide bonds. The Balaban J connectivity index is 1.74. The van der Waals surface area contributed by atoms with Crippen LogP contribution in [0.1, 0.15) is 65.7 Å². The van der Waals surface area contributed by atoms with Crippen LogP contribution in [0.2, 0.25) is 0 Å². The van der Waals surface area contributed by atoms with Gasteiger partial charge in [-0.05, 0) is 73.5 Å². The highest BCUT2D eigenvalue weighted by atomic mass is 16.6. The molecule has 0 aromatic carbocycles. The smallest absolute Gasteiger partial charge is 0.293 e. The van der Waals surface area contributed by atoms with Gasteiger partial charge in [0.05, 0.1) is 0 Å². The zero-order chi connectivity index (χ0) is 23.1. The van der Waals surface area contributed by atoms with Crippen LogP contribution in [0, 0.1) is 46.3 Å². The van der Waals surface area contributed by atoms with Crippen LogP contribution in [0.5, 0.6) is 0 Å². The Morgan fingerprint density at radius 1 is 0.750 bits per heavy atom. The summed E-state index contributed by atoms with van der Waals surface area (Å²) in [4.78, 5) is 45.8. The second kappa shape index (κ2) is 8.79. The second-order valence-corrected chi connectivity index (χ2v) is 11.1. The standard InChI is InChI=1S/C25H36O7/c1-15(11-26)17-4-5-18-21-19(7-9-24(17,18)2)25(3)8-6-16(30-12-27)10-20(25)22(31-13-28)23(21)32-14-29/h11-23H,4-10H2,1-3H3/t15-,16-,17-,18+,19+,20+,21+,22+,23-,24-,25-/m1/s1. The van der Waals surface area contributed by atoms with Crippen LogP contribution >= 0.6 is 0 Å². The molecule has 0 radical (unpaired) electrons. The summed E-state index contributed by atoms with van der Waals surface area (Å²) < 4.78 is 16.7. The molecule has 0 spiro atoms. The summed E-state index contributed by atoms with van der Waals surface area (Å²) in [5.74, 6) is 0.973. The first-order chi connectivity index (χ1) is 15.4. The van der Waals surface area contributed by atoms with Crippen molar-refractivity contribution in [2.75, 3.05) is 0 Å². The number of ether oxygens (including phenoxy) is 3. The Bertz CT molecular complexity index is 740. The molecule has 0 aromatic heterocycles. The van der Waals surface area contributed by atoms with Gasteiger partial charge in [-0.15, -0.1) is 0 Å². The first-order valence-corrected chi connectivity index (χ1v) is 12.1. The molecule has 4 fully saturated rings. The van der Waals surface area contributed by atoms with Gasteiger partial charge in [0.1, 0.15) is 24.6 Å². The topological polar surface area (TPSA) is 96.0 Å². The van der Waals surface area contributed by atoms with E-state index in [-0.39, 0.29) is 34.7 Å². The molecule has 4 aliphatic carbocycles. The Morgan fingerprint density at radius 2 is 1.38 bits per heavy atom. The molecule has 0 bridgehead atoms. The lowest BCUT2D eigenvalue weighted by Crippen LogP contribution is -2.65. The zero-order valence-electron chi connectivity index (χ0n) is 19.3. The fourth-order valence-corrected chi connectivity index (χ4v) is 8.84. The third kappa shape index (κ3) is 3.38. The molecule has 7 nitrogen and oxygen atoms in total. The second-order valence-electron chi connectivity index (χ2n) is 11.1. The molecule has 11 atom stereocenters. The van der Waals surface area contributed by atoms with Crippen LogP contribution in [0.25, 0.3) is 0 Å². The first kappa shape index (κ1) is 23.2. The minimum absolute atomic E-state index is 0.00125. The third-order valence-corrected chi connectivity index (χ3v) is 10.2. The lowest BCUT2D eigenvalue weighted by atomic mass is 9.43. The van der Waals surface area contributed by atoms with Gasteiger partial charge in [-0.1, -0.05) is 20.8 Å². The number of carbonyl (C=O) groups excluding carboxylic acids is 4. The van der Waals surface area contributed by atoms with Crippen molar-refractivity contribution in [1.29, 1.82) is 0 Å². The van der Waals surface area contributed by atoms with Crippen LogP contribution in [-0.4, -0.2) is 44.0 Å². The minimum Gasteiger partial charge on any atom is -0.465 e. The van der Waals surface area contributed by atoms with Gasteiger partial charge in [0.25, 0.3) is 19.4 Å². The van der Waals surface area contributed by atoms with Crippen molar-refractivity contribution in [3.8, 4) is 0 Å². The molecule has 0 aromatic rings. The maximum atomic E-state index is 11.7. The predicted octanol–water partition coefficient (Wildman–Crippen LogP) is 3.32. The van der Waals surface area contributed by atoms with E-state index in [2.05, 4.69) is 13.8 Å². The van der Waals surface area contributed by atoms with E-state index in [4.69, 9.17) is 14.2 Å². The van der Waals surface area contributed by atoms with Crippen molar-refractivity contribution in [2.24, 2.45) is 46.3 Å². The summed E-state index contributed by atoms with van der Waals surface area (Å²) in [7, 11) is 0. The van der Waals surface area contributed by atoms with Crippen LogP contribution < -0.4 is 0 Å². The Hall–Kier alpha value is -1.92. The normalized spacial score (nSPS) is 48.2. The highest BCUT2D eigenvalue weighted by Gasteiger charge is 2.67. The average Bonchev–Trinajstić information content (AvgIpc) is 3.13. The lowest BCUT2D eigenvalue weighted by Gasteiger charge is -2.64. The summed E-state index contributed by atoms with van der Waals surface area (Å²) in [5, 5.41) is 0. The van der Waals surface area contributed by atoms with E-state index in [0.717, 1.165) is 44.8 Å². The number of rotatable bonds is 8. The van der Waals surface area contributed by atoms with E-state index in [9.17, 15) is 19.2 Å². The Kier molecular flexibility index (Phi) is 6.38. The monoisotopic (exact) mass is 448 g/mol. The number of aldehydes is 1. The van der Waals surface area contributed by atoms with Gasteiger partial charge in [-0.3, -0.25) is 14.4 Å². The van der Waals surface area contributed by atoms with Crippen molar-refractivity contribution in [3.05, 3.63) is 0 Å². The largest absolute Gasteiger partial charge is 0.465 e. The summed E-state index contributed by atoms with van der Waals surface area (Å²) in [5.41, 5.74) is -0.0989. The average molecular weight is 449 g/mol. The molecule has 0 N–H and O–H groups in total. The molecule has 4 saturated carbocycles. The number of hydrogen-bond acceptors (Lipinski definition) is 7. The fraction of sp³-hybridized carbons (Fsp3) is 0.840. The quantitative estimate of drug-likeness (QED) is 0.415. The highest BCUT2D eigenvalue weighted by molar-refractivity contribution is 5.54. The van der Waals surface area contributed by atoms with Crippen molar-refractivity contribution >= 4 is 25.7 Å². The molecule has 178 valence electrons. The zero-order valence-corrected chi connectivity index (χ0v) is 19.3. The molecule has 7 heteroatoms. The van der Waals surface area contributed by atoms with Gasteiger partial charge in [-0.2, -0.15) is 0 Å². The molecule has 0 heterocycles. The molecular formula is C25H36O7. The molecular weight excluding hydrogens is 412 g/mol. The third-order valence-electron chi connectivity index (χ3n) is 10.2. The van der Waals surface area contributed by atoms with Crippen LogP contribution in [0.3, 0.4) is 0 Å². The number of carbonyl (C=O) groups is 4. The number of fused-ring (bicyclic) bond motifs is 5. The van der Waals surface area contributed by atoms with Crippen LogP contribution in [-0.2, 0) is 33.4 Å². The van der Waals surface area contributed by atoms with Crippen molar-refractivity contribution in [2.45, 2.75) is 84.0 Å². The van der Waals surface area contributed by atoms with Crippen molar-refractivity contribution in [1.82, 2.24) is 0 Å². The lowest BCUT2D eigenvalue weighted by molar-refractivity contribution is -0.235. The summed E-state index contributed by atoms with van der Waals surface area (Å²) in [6.45, 7) is 8.05. The SMILES string of the molecule is C[C@H](C=O)[C@H]1CC[C@H]2[C@@H]3[C@@H](OC=O)[C@@H](OC=O)[C@@H]4C[C@H](OC=O)CC[C@]4(C)[C@H]3CC[C@]12C. The van der Waals surface area contributed by atoms with Crippen molar-refractivity contribution < 1.29 is 33.4 Å². The van der Waals surface area contributed by atoms with Gasteiger partial charge in [0, 0.05) is 17.8 Å². The fourth-order valence-electron chi connectivity index (χ4n) is 8.84. The molecule has 0 aliphatic heterocycles. The van der Waals surface area contributed by atoms with E-state index < -0.39 is 12.2 Å². The van der Waals surface area contributed by atoms with E-state index in [0.29, 0.717) is 43.6 Å². The van der Waals surface area contributed by atoms with Crippen LogP contribution in [0.4, 0.5) is 0 Å². The first-order valence-electron chi connectivity index (χ1n) is 12.1. The van der Waals surface area contributed by atoms with Gasteiger partial charge >= 0.3 is 0 Å². The minimum atomic E-state index is -0.563. The maximum absolute atomic E-state index is 11.7. The molecule has 4 aliphatic rings. The van der Waals surface area contributed by atoms with Crippen molar-refractivity contribution in [3.63, 3.8) is 0 Å². The maximum Gasteiger partial charge on any atom is 0.293 e. The number of hydrogen-bond donors (Lipinski definition) is 0. The summed E-state index contributed by atoms with van der Waals surface area (Å²) in [6.07, 6.45) is 6.07. The summed E-state index contributed by atoms with van der Waals surface area (Å²) in [6, 6.07) is 0. The van der Waals surface area contributed by atoms with Gasteiger partial charge in [0.2, 0.25) is 0 Å².